The van der Waals surface area contributed by atoms with Gasteiger partial charge in [0.1, 0.15) is 5.82 Å². The lowest BCUT2D eigenvalue weighted by Gasteiger charge is -2.24. The van der Waals surface area contributed by atoms with Crippen molar-refractivity contribution in [3.05, 3.63) is 59.4 Å². The van der Waals surface area contributed by atoms with Crippen LogP contribution in [0.1, 0.15) is 34.8 Å². The molecule has 0 fully saturated rings. The molecule has 0 aliphatic rings. The topological polar surface area (TPSA) is 63.4 Å². The number of nitrogens with zero attached hydrogens (tertiary/aromatic N) is 5. The molecule has 6 nitrogen and oxygen atoms in total. The number of amides is 1. The Balaban J connectivity index is 1.88. The Morgan fingerprint density at radius 3 is 2.61 bits per heavy atom. The van der Waals surface area contributed by atoms with E-state index in [1.54, 1.807) is 31.4 Å². The van der Waals surface area contributed by atoms with Crippen molar-refractivity contribution in [2.75, 3.05) is 7.05 Å². The number of benzene rings is 1. The van der Waals surface area contributed by atoms with Gasteiger partial charge in [-0.2, -0.15) is 4.98 Å². The molecule has 0 saturated carbocycles. The first-order chi connectivity index (χ1) is 11.0. The number of aromatic nitrogens is 4. The lowest BCUT2D eigenvalue weighted by Crippen LogP contribution is -2.30. The summed E-state index contributed by atoms with van der Waals surface area (Å²) in [6, 6.07) is 7.63. The molecule has 3 aromatic rings. The van der Waals surface area contributed by atoms with E-state index >= 15 is 0 Å². The van der Waals surface area contributed by atoms with E-state index in [0.29, 0.717) is 5.78 Å². The minimum atomic E-state index is -0.313. The van der Waals surface area contributed by atoms with E-state index in [1.807, 2.05) is 13.8 Å². The smallest absolute Gasteiger partial charge is 0.293 e. The van der Waals surface area contributed by atoms with Crippen molar-refractivity contribution in [3.63, 3.8) is 0 Å². The number of carbonyl (C=O) groups is 1. The van der Waals surface area contributed by atoms with Crippen molar-refractivity contribution in [3.8, 4) is 0 Å². The van der Waals surface area contributed by atoms with Crippen LogP contribution in [0.15, 0.2) is 36.5 Å². The highest BCUT2D eigenvalue weighted by molar-refractivity contribution is 5.91. The molecular formula is C16H16FN5O. The predicted octanol–water partition coefficient (Wildman–Crippen LogP) is 2.41. The van der Waals surface area contributed by atoms with E-state index in [2.05, 4.69) is 15.1 Å². The van der Waals surface area contributed by atoms with Crippen LogP contribution in [-0.2, 0) is 0 Å². The summed E-state index contributed by atoms with van der Waals surface area (Å²) in [6.07, 6.45) is 1.62. The maximum absolute atomic E-state index is 13.0. The first kappa shape index (κ1) is 15.1. The van der Waals surface area contributed by atoms with Crippen molar-refractivity contribution in [2.45, 2.75) is 19.9 Å². The molecule has 118 valence electrons. The Morgan fingerprint density at radius 2 is 1.96 bits per heavy atom. The summed E-state index contributed by atoms with van der Waals surface area (Å²) in [6.45, 7) is 3.73. The SMILES string of the molecule is Cc1ccnc2nc(C(=O)N(C)[C@H](C)c3ccc(F)cc3)nn12. The molecule has 0 radical (unpaired) electrons. The maximum Gasteiger partial charge on any atom is 0.293 e. The highest BCUT2D eigenvalue weighted by Crippen LogP contribution is 2.20. The van der Waals surface area contributed by atoms with Crippen molar-refractivity contribution in [1.82, 2.24) is 24.5 Å². The van der Waals surface area contributed by atoms with Crippen LogP contribution in [0.25, 0.3) is 5.78 Å². The van der Waals surface area contributed by atoms with Gasteiger partial charge < -0.3 is 4.90 Å². The third kappa shape index (κ3) is 2.77. The van der Waals surface area contributed by atoms with Gasteiger partial charge in [0.05, 0.1) is 6.04 Å². The van der Waals surface area contributed by atoms with E-state index in [0.717, 1.165) is 11.3 Å². The molecule has 0 N–H and O–H groups in total. The quantitative estimate of drug-likeness (QED) is 0.745. The minimum Gasteiger partial charge on any atom is -0.332 e. The van der Waals surface area contributed by atoms with E-state index in [4.69, 9.17) is 0 Å². The molecule has 23 heavy (non-hydrogen) atoms. The lowest BCUT2D eigenvalue weighted by atomic mass is 10.1. The third-order valence-corrected chi connectivity index (χ3v) is 3.87. The summed E-state index contributed by atoms with van der Waals surface area (Å²) in [5.74, 6) is -0.148. The van der Waals surface area contributed by atoms with Gasteiger partial charge in [0.25, 0.3) is 11.7 Å². The van der Waals surface area contributed by atoms with E-state index in [9.17, 15) is 9.18 Å². The van der Waals surface area contributed by atoms with Crippen LogP contribution in [-0.4, -0.2) is 37.4 Å². The molecule has 1 amide bonds. The zero-order valence-corrected chi connectivity index (χ0v) is 13.1. The Morgan fingerprint density at radius 1 is 1.26 bits per heavy atom. The lowest BCUT2D eigenvalue weighted by molar-refractivity contribution is 0.0730. The van der Waals surface area contributed by atoms with Crippen molar-refractivity contribution in [2.24, 2.45) is 0 Å². The van der Waals surface area contributed by atoms with Crippen LogP contribution in [0.5, 0.6) is 0 Å². The van der Waals surface area contributed by atoms with Gasteiger partial charge in [0.15, 0.2) is 0 Å². The van der Waals surface area contributed by atoms with Crippen molar-refractivity contribution >= 4 is 11.7 Å². The van der Waals surface area contributed by atoms with Crippen molar-refractivity contribution < 1.29 is 9.18 Å². The second-order valence-electron chi connectivity index (χ2n) is 5.38. The van der Waals surface area contributed by atoms with Gasteiger partial charge in [-0.1, -0.05) is 12.1 Å². The third-order valence-electron chi connectivity index (χ3n) is 3.87. The van der Waals surface area contributed by atoms with Crippen LogP contribution >= 0.6 is 0 Å². The number of rotatable bonds is 3. The predicted molar refractivity (Wildman–Crippen MR) is 82.4 cm³/mol. The molecule has 2 heterocycles. The standard InChI is InChI=1S/C16H16FN5O/c1-10-8-9-18-16-19-14(20-22(10)16)15(23)21(3)11(2)12-4-6-13(17)7-5-12/h4-9,11H,1-3H3/t11-/m1/s1. The van der Waals surface area contributed by atoms with E-state index < -0.39 is 0 Å². The maximum atomic E-state index is 13.0. The molecule has 0 aliphatic heterocycles. The van der Waals surface area contributed by atoms with E-state index in [-0.39, 0.29) is 23.6 Å². The van der Waals surface area contributed by atoms with E-state index in [1.165, 1.54) is 21.5 Å². The molecule has 3 rings (SSSR count). The van der Waals surface area contributed by atoms with Gasteiger partial charge in [0, 0.05) is 18.9 Å². The Bertz CT molecular complexity index is 859. The molecule has 1 atom stereocenters. The molecule has 0 spiro atoms. The minimum absolute atomic E-state index is 0.0864. The normalized spacial score (nSPS) is 12.3. The molecule has 0 saturated heterocycles. The highest BCUT2D eigenvalue weighted by Gasteiger charge is 2.23. The first-order valence-corrected chi connectivity index (χ1v) is 7.18. The summed E-state index contributed by atoms with van der Waals surface area (Å²) < 4.78 is 14.6. The summed E-state index contributed by atoms with van der Waals surface area (Å²) in [5, 5.41) is 4.22. The largest absolute Gasteiger partial charge is 0.332 e. The molecule has 0 unspecified atom stereocenters. The van der Waals surface area contributed by atoms with Crippen LogP contribution in [0.2, 0.25) is 0 Å². The van der Waals surface area contributed by atoms with Gasteiger partial charge in [-0.05, 0) is 37.6 Å². The molecule has 0 bridgehead atoms. The average molecular weight is 313 g/mol. The fourth-order valence-electron chi connectivity index (χ4n) is 2.30. The van der Waals surface area contributed by atoms with Crippen molar-refractivity contribution in [1.29, 1.82) is 0 Å². The number of aryl methyl sites for hydroxylation is 1. The van der Waals surface area contributed by atoms with Gasteiger partial charge in [-0.15, -0.1) is 5.10 Å². The van der Waals surface area contributed by atoms with Crippen LogP contribution in [0.3, 0.4) is 0 Å². The van der Waals surface area contributed by atoms with Crippen LogP contribution in [0, 0.1) is 12.7 Å². The zero-order valence-electron chi connectivity index (χ0n) is 13.1. The summed E-state index contributed by atoms with van der Waals surface area (Å²) in [4.78, 5) is 22.4. The fraction of sp³-hybridized carbons (Fsp3) is 0.250. The monoisotopic (exact) mass is 313 g/mol. The highest BCUT2D eigenvalue weighted by atomic mass is 19.1. The molecule has 7 heteroatoms. The molecule has 0 aliphatic carbocycles. The number of fused-ring (bicyclic) bond motifs is 1. The van der Waals surface area contributed by atoms with Gasteiger partial charge in [-0.25, -0.2) is 13.9 Å². The fourth-order valence-corrected chi connectivity index (χ4v) is 2.30. The zero-order chi connectivity index (χ0) is 16.6. The number of carbonyl (C=O) groups excluding carboxylic acids is 1. The molecular weight excluding hydrogens is 297 g/mol. The number of halogens is 1. The van der Waals surface area contributed by atoms with Gasteiger partial charge in [-0.3, -0.25) is 4.79 Å². The Labute approximate surface area is 132 Å². The number of hydrogen-bond acceptors (Lipinski definition) is 4. The summed E-state index contributed by atoms with van der Waals surface area (Å²) >= 11 is 0. The molecule has 2 aromatic heterocycles. The summed E-state index contributed by atoms with van der Waals surface area (Å²) in [5.41, 5.74) is 1.68. The van der Waals surface area contributed by atoms with Gasteiger partial charge >= 0.3 is 0 Å². The second kappa shape index (κ2) is 5.75. The first-order valence-electron chi connectivity index (χ1n) is 7.18. The van der Waals surface area contributed by atoms with Crippen LogP contribution in [0.4, 0.5) is 4.39 Å². The summed E-state index contributed by atoms with van der Waals surface area (Å²) in [7, 11) is 1.67. The molecule has 1 aromatic carbocycles. The van der Waals surface area contributed by atoms with Crippen LogP contribution < -0.4 is 0 Å². The second-order valence-corrected chi connectivity index (χ2v) is 5.38. The number of hydrogen-bond donors (Lipinski definition) is 0. The Hall–Kier alpha value is -2.83. The Kier molecular flexibility index (Phi) is 3.77. The van der Waals surface area contributed by atoms with Gasteiger partial charge in [0.2, 0.25) is 5.82 Å². The average Bonchev–Trinajstić information content (AvgIpc) is 2.99.